The Morgan fingerprint density at radius 2 is 2.19 bits per heavy atom. The predicted octanol–water partition coefficient (Wildman–Crippen LogP) is 4.03. The number of aromatic nitrogens is 2. The third-order valence-corrected chi connectivity index (χ3v) is 5.29. The standard InChI is InChI=1S/C20H28ClN5O/c1-4-10-24(3)13-16-9-11-25(14-16)20(27)22-19-15(2)12-26(23-19)18-8-6-5-7-17(18)21/h5-8,12,16H,4,9-11,13-14H2,1-3H3,(H,22,23,27). The van der Waals surface area contributed by atoms with Gasteiger partial charge in [-0.25, -0.2) is 9.48 Å². The number of anilines is 1. The molecule has 1 atom stereocenters. The molecular weight excluding hydrogens is 362 g/mol. The van der Waals surface area contributed by atoms with Crippen LogP contribution >= 0.6 is 11.6 Å². The van der Waals surface area contributed by atoms with E-state index >= 15 is 0 Å². The first-order chi connectivity index (χ1) is 13.0. The molecule has 27 heavy (non-hydrogen) atoms. The summed E-state index contributed by atoms with van der Waals surface area (Å²) in [7, 11) is 2.15. The van der Waals surface area contributed by atoms with Crippen molar-refractivity contribution in [3.8, 4) is 5.69 Å². The summed E-state index contributed by atoms with van der Waals surface area (Å²) in [4.78, 5) is 16.9. The van der Waals surface area contributed by atoms with Crippen molar-refractivity contribution in [2.24, 2.45) is 5.92 Å². The van der Waals surface area contributed by atoms with E-state index in [1.54, 1.807) is 4.68 Å². The Morgan fingerprint density at radius 3 is 2.93 bits per heavy atom. The number of hydrogen-bond donors (Lipinski definition) is 1. The Bertz CT molecular complexity index is 790. The second kappa shape index (κ2) is 8.76. The number of hydrogen-bond acceptors (Lipinski definition) is 3. The Hall–Kier alpha value is -2.05. The van der Waals surface area contributed by atoms with Crippen LogP contribution < -0.4 is 5.32 Å². The highest BCUT2D eigenvalue weighted by molar-refractivity contribution is 6.32. The number of nitrogens with one attached hydrogen (secondary N) is 1. The molecule has 1 saturated heterocycles. The summed E-state index contributed by atoms with van der Waals surface area (Å²) < 4.78 is 1.71. The maximum atomic E-state index is 12.7. The third kappa shape index (κ3) is 4.82. The van der Waals surface area contributed by atoms with E-state index in [1.807, 2.05) is 42.3 Å². The van der Waals surface area contributed by atoms with E-state index in [-0.39, 0.29) is 6.03 Å². The molecule has 0 bridgehead atoms. The van der Waals surface area contributed by atoms with Gasteiger partial charge >= 0.3 is 6.03 Å². The number of amides is 2. The van der Waals surface area contributed by atoms with Gasteiger partial charge in [0, 0.05) is 31.4 Å². The van der Waals surface area contributed by atoms with E-state index in [4.69, 9.17) is 11.6 Å². The fraction of sp³-hybridized carbons (Fsp3) is 0.500. The average molecular weight is 390 g/mol. The SMILES string of the molecule is CCCN(C)CC1CCN(C(=O)Nc2nn(-c3ccccc3Cl)cc2C)C1. The van der Waals surface area contributed by atoms with Crippen molar-refractivity contribution < 1.29 is 4.79 Å². The van der Waals surface area contributed by atoms with Gasteiger partial charge < -0.3 is 9.80 Å². The minimum absolute atomic E-state index is 0.0804. The molecule has 0 saturated carbocycles. The lowest BCUT2D eigenvalue weighted by Crippen LogP contribution is -2.35. The number of benzene rings is 1. The topological polar surface area (TPSA) is 53.4 Å². The van der Waals surface area contributed by atoms with Crippen molar-refractivity contribution in [2.45, 2.75) is 26.7 Å². The van der Waals surface area contributed by atoms with E-state index < -0.39 is 0 Å². The average Bonchev–Trinajstić information content (AvgIpc) is 3.23. The second-order valence-corrected chi connectivity index (χ2v) is 7.76. The molecular formula is C20H28ClN5O. The van der Waals surface area contributed by atoms with Crippen molar-refractivity contribution in [3.05, 3.63) is 41.0 Å². The van der Waals surface area contributed by atoms with Crippen LogP contribution in [0.4, 0.5) is 10.6 Å². The van der Waals surface area contributed by atoms with Crippen LogP contribution in [0.15, 0.2) is 30.5 Å². The Kier molecular flexibility index (Phi) is 6.39. The lowest BCUT2D eigenvalue weighted by atomic mass is 10.1. The minimum atomic E-state index is -0.0804. The summed E-state index contributed by atoms with van der Waals surface area (Å²) in [6.07, 6.45) is 4.08. The van der Waals surface area contributed by atoms with Crippen LogP contribution in [-0.2, 0) is 0 Å². The van der Waals surface area contributed by atoms with Gasteiger partial charge in [-0.05, 0) is 51.4 Å². The van der Waals surface area contributed by atoms with Gasteiger partial charge in [0.05, 0.1) is 10.7 Å². The maximum Gasteiger partial charge on any atom is 0.323 e. The fourth-order valence-corrected chi connectivity index (χ4v) is 3.83. The number of carbonyl (C=O) groups excluding carboxylic acids is 1. The van der Waals surface area contributed by atoms with Crippen LogP contribution in [0.2, 0.25) is 5.02 Å². The number of nitrogens with zero attached hydrogens (tertiary/aromatic N) is 4. The first kappa shape index (κ1) is 19.7. The lowest BCUT2D eigenvalue weighted by molar-refractivity contribution is 0.217. The summed E-state index contributed by atoms with van der Waals surface area (Å²) in [5.74, 6) is 1.11. The number of para-hydroxylation sites is 1. The number of carbonyl (C=O) groups is 1. The van der Waals surface area contributed by atoms with Crippen molar-refractivity contribution in [1.82, 2.24) is 19.6 Å². The first-order valence-corrected chi connectivity index (χ1v) is 9.91. The zero-order valence-electron chi connectivity index (χ0n) is 16.3. The first-order valence-electron chi connectivity index (χ1n) is 9.53. The van der Waals surface area contributed by atoms with Gasteiger partial charge in [-0.15, -0.1) is 5.10 Å². The van der Waals surface area contributed by atoms with Crippen LogP contribution in [0, 0.1) is 12.8 Å². The number of rotatable bonds is 6. The number of halogens is 1. The van der Waals surface area contributed by atoms with Gasteiger partial charge in [-0.1, -0.05) is 30.7 Å². The molecule has 1 fully saturated rings. The Labute approximate surface area is 166 Å². The molecule has 146 valence electrons. The Morgan fingerprint density at radius 1 is 1.41 bits per heavy atom. The van der Waals surface area contributed by atoms with Crippen LogP contribution in [0.3, 0.4) is 0 Å². The highest BCUT2D eigenvalue weighted by Crippen LogP contribution is 2.23. The zero-order chi connectivity index (χ0) is 19.4. The monoisotopic (exact) mass is 389 g/mol. The van der Waals surface area contributed by atoms with Crippen LogP contribution in [0.25, 0.3) is 5.69 Å². The molecule has 0 aliphatic carbocycles. The second-order valence-electron chi connectivity index (χ2n) is 7.35. The summed E-state index contributed by atoms with van der Waals surface area (Å²) >= 11 is 6.25. The zero-order valence-corrected chi connectivity index (χ0v) is 17.0. The van der Waals surface area contributed by atoms with E-state index in [9.17, 15) is 4.79 Å². The van der Waals surface area contributed by atoms with Crippen molar-refractivity contribution in [1.29, 1.82) is 0 Å². The number of likely N-dealkylation sites (tertiary alicyclic amines) is 1. The minimum Gasteiger partial charge on any atom is -0.324 e. The largest absolute Gasteiger partial charge is 0.324 e. The molecule has 2 amide bonds. The normalized spacial score (nSPS) is 16.9. The van der Waals surface area contributed by atoms with Gasteiger partial charge in [-0.3, -0.25) is 5.32 Å². The molecule has 0 radical (unpaired) electrons. The Balaban J connectivity index is 1.61. The van der Waals surface area contributed by atoms with Crippen molar-refractivity contribution in [2.75, 3.05) is 38.5 Å². The molecule has 6 nitrogen and oxygen atoms in total. The van der Waals surface area contributed by atoms with E-state index in [0.29, 0.717) is 16.8 Å². The molecule has 3 rings (SSSR count). The number of aryl methyl sites for hydroxylation is 1. The summed E-state index contributed by atoms with van der Waals surface area (Å²) in [6, 6.07) is 7.44. The molecule has 1 N–H and O–H groups in total. The molecule has 1 aromatic carbocycles. The molecule has 2 aromatic rings. The molecule has 2 heterocycles. The maximum absolute atomic E-state index is 12.7. The molecule has 1 aromatic heterocycles. The smallest absolute Gasteiger partial charge is 0.323 e. The van der Waals surface area contributed by atoms with Crippen molar-refractivity contribution >= 4 is 23.4 Å². The highest BCUT2D eigenvalue weighted by atomic mass is 35.5. The van der Waals surface area contributed by atoms with Gasteiger partial charge in [0.15, 0.2) is 5.82 Å². The third-order valence-electron chi connectivity index (χ3n) is 4.97. The van der Waals surface area contributed by atoms with E-state index in [2.05, 4.69) is 29.3 Å². The molecule has 1 unspecified atom stereocenters. The fourth-order valence-electron chi connectivity index (χ4n) is 3.60. The summed E-state index contributed by atoms with van der Waals surface area (Å²) in [6.45, 7) is 7.85. The van der Waals surface area contributed by atoms with Crippen LogP contribution in [-0.4, -0.2) is 58.8 Å². The van der Waals surface area contributed by atoms with Gasteiger partial charge in [0.25, 0.3) is 0 Å². The predicted molar refractivity (Wildman–Crippen MR) is 110 cm³/mol. The van der Waals surface area contributed by atoms with Gasteiger partial charge in [-0.2, -0.15) is 0 Å². The molecule has 1 aliphatic heterocycles. The summed E-state index contributed by atoms with van der Waals surface area (Å²) in [5, 5.41) is 8.09. The van der Waals surface area contributed by atoms with Gasteiger partial charge in [0.2, 0.25) is 0 Å². The van der Waals surface area contributed by atoms with Crippen molar-refractivity contribution in [3.63, 3.8) is 0 Å². The number of urea groups is 1. The van der Waals surface area contributed by atoms with Crippen LogP contribution in [0.1, 0.15) is 25.3 Å². The molecule has 0 spiro atoms. The highest BCUT2D eigenvalue weighted by Gasteiger charge is 2.27. The molecule has 1 aliphatic rings. The quantitative estimate of drug-likeness (QED) is 0.811. The van der Waals surface area contributed by atoms with Crippen LogP contribution in [0.5, 0.6) is 0 Å². The van der Waals surface area contributed by atoms with E-state index in [1.165, 1.54) is 0 Å². The lowest BCUT2D eigenvalue weighted by Gasteiger charge is -2.21. The van der Waals surface area contributed by atoms with E-state index in [0.717, 1.165) is 50.3 Å². The summed E-state index contributed by atoms with van der Waals surface area (Å²) in [5.41, 5.74) is 1.70. The molecule has 7 heteroatoms. The van der Waals surface area contributed by atoms with Gasteiger partial charge in [0.1, 0.15) is 0 Å².